The molecule has 2 aliphatic heterocycles. The largest absolute Gasteiger partial charge is 0.489 e. The normalized spacial score (nSPS) is 24.6. The van der Waals surface area contributed by atoms with Crippen molar-refractivity contribution in [1.29, 1.82) is 0 Å². The molecule has 8 heteroatoms. The first-order chi connectivity index (χ1) is 9.46. The van der Waals surface area contributed by atoms with Crippen LogP contribution in [0.25, 0.3) is 0 Å². The minimum Gasteiger partial charge on any atom is -0.489 e. The summed E-state index contributed by atoms with van der Waals surface area (Å²) >= 11 is 0. The van der Waals surface area contributed by atoms with Gasteiger partial charge in [-0.25, -0.2) is 4.79 Å². The van der Waals surface area contributed by atoms with Gasteiger partial charge in [0.15, 0.2) is 6.10 Å². The molecule has 0 saturated carbocycles. The minimum atomic E-state index is -3.58. The molecular weight excluding hydrogens is 286 g/mol. The molecule has 1 aromatic carbocycles. The molecular formula is C12H13NO6S. The Labute approximate surface area is 116 Å². The Balaban J connectivity index is 1.83. The van der Waals surface area contributed by atoms with Gasteiger partial charge in [0.05, 0.1) is 11.9 Å². The summed E-state index contributed by atoms with van der Waals surface area (Å²) in [5.41, 5.74) is 0.621. The van der Waals surface area contributed by atoms with Crippen LogP contribution in [0.15, 0.2) is 24.3 Å². The van der Waals surface area contributed by atoms with Crippen molar-refractivity contribution in [2.45, 2.75) is 12.1 Å². The molecule has 0 spiro atoms. The molecule has 0 aromatic heterocycles. The Morgan fingerprint density at radius 1 is 1.40 bits per heavy atom. The number of rotatable bonds is 3. The first-order valence-corrected chi connectivity index (χ1v) is 7.83. The van der Waals surface area contributed by atoms with E-state index in [4.69, 9.17) is 13.7 Å². The van der Waals surface area contributed by atoms with Crippen molar-refractivity contribution in [2.75, 3.05) is 24.4 Å². The van der Waals surface area contributed by atoms with Crippen LogP contribution in [0, 0.1) is 0 Å². The standard InChI is InChI=1S/C12H13NO6S/c1-20(15,16)18-7-11-9-6-17-10-5-3-2-4-8(10)13(9)12(14)19-11/h2-5,9,11H,6-7H2,1H3/t9-,11-/m0/s1. The molecule has 1 fully saturated rings. The van der Waals surface area contributed by atoms with E-state index in [0.717, 1.165) is 6.26 Å². The van der Waals surface area contributed by atoms with Crippen LogP contribution in [-0.2, 0) is 19.0 Å². The lowest BCUT2D eigenvalue weighted by molar-refractivity contribution is 0.0844. The van der Waals surface area contributed by atoms with Crippen molar-refractivity contribution in [2.24, 2.45) is 0 Å². The molecule has 0 N–H and O–H groups in total. The fraction of sp³-hybridized carbons (Fsp3) is 0.417. The van der Waals surface area contributed by atoms with Gasteiger partial charge in [-0.15, -0.1) is 0 Å². The van der Waals surface area contributed by atoms with Crippen LogP contribution in [0.2, 0.25) is 0 Å². The van der Waals surface area contributed by atoms with E-state index in [2.05, 4.69) is 0 Å². The fourth-order valence-electron chi connectivity index (χ4n) is 2.31. The van der Waals surface area contributed by atoms with E-state index in [1.54, 1.807) is 18.2 Å². The van der Waals surface area contributed by atoms with Crippen LogP contribution in [0.5, 0.6) is 5.75 Å². The summed E-state index contributed by atoms with van der Waals surface area (Å²) in [6.07, 6.45) is -0.243. The lowest BCUT2D eigenvalue weighted by Crippen LogP contribution is -2.45. The van der Waals surface area contributed by atoms with Gasteiger partial charge in [-0.05, 0) is 12.1 Å². The highest BCUT2D eigenvalue weighted by molar-refractivity contribution is 7.85. The van der Waals surface area contributed by atoms with Crippen LogP contribution in [-0.4, -0.2) is 46.1 Å². The van der Waals surface area contributed by atoms with E-state index in [1.807, 2.05) is 6.07 Å². The van der Waals surface area contributed by atoms with Gasteiger partial charge in [0.1, 0.15) is 25.0 Å². The number of hydrogen-bond donors (Lipinski definition) is 0. The zero-order chi connectivity index (χ0) is 14.3. The first kappa shape index (κ1) is 13.2. The van der Waals surface area contributed by atoms with Gasteiger partial charge < -0.3 is 9.47 Å². The number of amides is 1. The van der Waals surface area contributed by atoms with Crippen LogP contribution in [0.4, 0.5) is 10.5 Å². The molecule has 3 rings (SSSR count). The number of ether oxygens (including phenoxy) is 2. The predicted molar refractivity (Wildman–Crippen MR) is 69.3 cm³/mol. The average molecular weight is 299 g/mol. The third-order valence-electron chi connectivity index (χ3n) is 3.19. The van der Waals surface area contributed by atoms with Gasteiger partial charge in [-0.3, -0.25) is 9.08 Å². The Hall–Kier alpha value is -1.80. The quantitative estimate of drug-likeness (QED) is 0.766. The van der Waals surface area contributed by atoms with E-state index < -0.39 is 22.3 Å². The summed E-state index contributed by atoms with van der Waals surface area (Å²) in [7, 11) is -3.58. The molecule has 1 saturated heterocycles. The zero-order valence-corrected chi connectivity index (χ0v) is 11.5. The van der Waals surface area contributed by atoms with Crippen LogP contribution in [0.3, 0.4) is 0 Å². The maximum absolute atomic E-state index is 11.9. The van der Waals surface area contributed by atoms with Crippen LogP contribution < -0.4 is 9.64 Å². The summed E-state index contributed by atoms with van der Waals surface area (Å²) in [4.78, 5) is 13.4. The molecule has 0 unspecified atom stereocenters. The van der Waals surface area contributed by atoms with E-state index in [0.29, 0.717) is 11.4 Å². The number of anilines is 1. The molecule has 2 heterocycles. The summed E-state index contributed by atoms with van der Waals surface area (Å²) < 4.78 is 37.5. The molecule has 2 aliphatic rings. The van der Waals surface area contributed by atoms with Gasteiger partial charge in [-0.2, -0.15) is 8.42 Å². The molecule has 0 radical (unpaired) electrons. The van der Waals surface area contributed by atoms with Crippen LogP contribution >= 0.6 is 0 Å². The molecule has 7 nitrogen and oxygen atoms in total. The number of carbonyl (C=O) groups excluding carboxylic acids is 1. The fourth-order valence-corrected chi connectivity index (χ4v) is 2.70. The number of carbonyl (C=O) groups is 1. The van der Waals surface area contributed by atoms with E-state index in [9.17, 15) is 13.2 Å². The van der Waals surface area contributed by atoms with Gasteiger partial charge in [0, 0.05) is 0 Å². The minimum absolute atomic E-state index is 0.211. The number of nitrogens with zero attached hydrogens (tertiary/aromatic N) is 1. The average Bonchev–Trinajstić information content (AvgIpc) is 2.73. The number of hydrogen-bond acceptors (Lipinski definition) is 6. The van der Waals surface area contributed by atoms with Gasteiger partial charge >= 0.3 is 6.09 Å². The van der Waals surface area contributed by atoms with Crippen molar-refractivity contribution in [3.8, 4) is 5.75 Å². The smallest absolute Gasteiger partial charge is 0.415 e. The van der Waals surface area contributed by atoms with Crippen molar-refractivity contribution >= 4 is 21.9 Å². The maximum Gasteiger partial charge on any atom is 0.415 e. The third kappa shape index (κ3) is 2.32. The van der Waals surface area contributed by atoms with Crippen molar-refractivity contribution in [1.82, 2.24) is 0 Å². The Morgan fingerprint density at radius 3 is 2.90 bits per heavy atom. The number of benzene rings is 1. The molecule has 2 atom stereocenters. The number of para-hydroxylation sites is 2. The van der Waals surface area contributed by atoms with Crippen LogP contribution in [0.1, 0.15) is 0 Å². The maximum atomic E-state index is 11.9. The van der Waals surface area contributed by atoms with E-state index in [-0.39, 0.29) is 19.3 Å². The SMILES string of the molecule is CS(=O)(=O)OC[C@@H]1OC(=O)N2c3ccccc3OC[C@@H]12. The molecule has 108 valence electrons. The highest BCUT2D eigenvalue weighted by Crippen LogP contribution is 2.38. The molecule has 20 heavy (non-hydrogen) atoms. The third-order valence-corrected chi connectivity index (χ3v) is 3.75. The van der Waals surface area contributed by atoms with Gasteiger partial charge in [0.25, 0.3) is 10.1 Å². The van der Waals surface area contributed by atoms with E-state index in [1.165, 1.54) is 4.90 Å². The second-order valence-corrected chi connectivity index (χ2v) is 6.27. The Bertz CT molecular complexity index is 643. The summed E-state index contributed by atoms with van der Waals surface area (Å²) in [6.45, 7) is 0.0256. The summed E-state index contributed by atoms with van der Waals surface area (Å²) in [5, 5.41) is 0. The first-order valence-electron chi connectivity index (χ1n) is 6.02. The van der Waals surface area contributed by atoms with Crippen molar-refractivity contribution in [3.05, 3.63) is 24.3 Å². The second kappa shape index (κ2) is 4.64. The van der Waals surface area contributed by atoms with E-state index >= 15 is 0 Å². The molecule has 0 bridgehead atoms. The highest BCUT2D eigenvalue weighted by atomic mass is 32.2. The molecule has 0 aliphatic carbocycles. The summed E-state index contributed by atoms with van der Waals surface area (Å²) in [6, 6.07) is 6.73. The van der Waals surface area contributed by atoms with Gasteiger partial charge in [-0.1, -0.05) is 12.1 Å². The Morgan fingerprint density at radius 2 is 2.15 bits per heavy atom. The lowest BCUT2D eigenvalue weighted by Gasteiger charge is -2.30. The number of cyclic esters (lactones) is 1. The lowest BCUT2D eigenvalue weighted by atomic mass is 10.1. The topological polar surface area (TPSA) is 82.1 Å². The predicted octanol–water partition coefficient (Wildman–Crippen LogP) is 0.749. The second-order valence-electron chi connectivity index (χ2n) is 4.63. The monoisotopic (exact) mass is 299 g/mol. The van der Waals surface area contributed by atoms with Crippen molar-refractivity contribution < 1.29 is 26.9 Å². The van der Waals surface area contributed by atoms with Crippen molar-refractivity contribution in [3.63, 3.8) is 0 Å². The number of fused-ring (bicyclic) bond motifs is 3. The zero-order valence-electron chi connectivity index (χ0n) is 10.7. The summed E-state index contributed by atoms with van der Waals surface area (Å²) in [5.74, 6) is 0.602. The highest BCUT2D eigenvalue weighted by Gasteiger charge is 2.46. The van der Waals surface area contributed by atoms with Gasteiger partial charge in [0.2, 0.25) is 0 Å². The molecule has 1 amide bonds. The molecule has 1 aromatic rings. The Kier molecular flexibility index (Phi) is 3.06.